The number of benzene rings is 3. The Bertz CT molecular complexity index is 1190. The highest BCUT2D eigenvalue weighted by Crippen LogP contribution is 2.39. The number of rotatable bonds is 3. The number of hydrogen-bond acceptors (Lipinski definition) is 6. The Labute approximate surface area is 166 Å². The summed E-state index contributed by atoms with van der Waals surface area (Å²) in [5.41, 5.74) is 2.11. The van der Waals surface area contributed by atoms with Crippen molar-refractivity contribution in [2.24, 2.45) is 0 Å². The maximum atomic E-state index is 13.2. The third kappa shape index (κ3) is 2.56. The Morgan fingerprint density at radius 2 is 1.72 bits per heavy atom. The van der Waals surface area contributed by atoms with Gasteiger partial charge in [0, 0.05) is 17.5 Å². The van der Waals surface area contributed by atoms with Gasteiger partial charge in [-0.1, -0.05) is 24.3 Å². The Kier molecular flexibility index (Phi) is 3.81. The zero-order chi connectivity index (χ0) is 20.1. The van der Waals surface area contributed by atoms with E-state index in [4.69, 9.17) is 14.2 Å². The van der Waals surface area contributed by atoms with Crippen molar-refractivity contribution in [1.29, 1.82) is 0 Å². The summed E-state index contributed by atoms with van der Waals surface area (Å²) >= 11 is 0. The maximum Gasteiger partial charge on any atom is 0.231 e. The molecule has 0 spiro atoms. The second-order valence-corrected chi connectivity index (χ2v) is 6.90. The Balaban J connectivity index is 1.59. The molecule has 29 heavy (non-hydrogen) atoms. The van der Waals surface area contributed by atoms with E-state index in [1.54, 1.807) is 30.3 Å². The van der Waals surface area contributed by atoms with E-state index in [9.17, 15) is 14.7 Å². The number of ether oxygens (including phenoxy) is 3. The topological polar surface area (TPSA) is 82.1 Å². The zero-order valence-corrected chi connectivity index (χ0v) is 15.5. The lowest BCUT2D eigenvalue weighted by Crippen LogP contribution is -2.22. The molecule has 144 valence electrons. The van der Waals surface area contributed by atoms with Crippen LogP contribution in [0.5, 0.6) is 23.0 Å². The molecule has 0 unspecified atom stereocenters. The molecule has 3 aromatic carbocycles. The number of methoxy groups -OCH3 is 1. The van der Waals surface area contributed by atoms with Crippen molar-refractivity contribution in [3.05, 3.63) is 81.9 Å². The molecule has 1 N–H and O–H groups in total. The van der Waals surface area contributed by atoms with Crippen LogP contribution >= 0.6 is 0 Å². The monoisotopic (exact) mass is 388 g/mol. The van der Waals surface area contributed by atoms with Gasteiger partial charge >= 0.3 is 0 Å². The summed E-state index contributed by atoms with van der Waals surface area (Å²) in [6, 6.07) is 13.7. The second-order valence-electron chi connectivity index (χ2n) is 6.90. The van der Waals surface area contributed by atoms with E-state index in [0.29, 0.717) is 29.2 Å². The van der Waals surface area contributed by atoms with Gasteiger partial charge in [-0.2, -0.15) is 0 Å². The minimum Gasteiger partial charge on any atom is -0.507 e. The van der Waals surface area contributed by atoms with Gasteiger partial charge in [-0.3, -0.25) is 9.59 Å². The van der Waals surface area contributed by atoms with Crippen molar-refractivity contribution in [3.8, 4) is 23.0 Å². The molecular formula is C23H16O6. The van der Waals surface area contributed by atoms with E-state index in [1.807, 2.05) is 18.2 Å². The maximum absolute atomic E-state index is 13.2. The fraction of sp³-hybridized carbons (Fsp3) is 0.130. The molecule has 0 amide bonds. The number of fused-ring (bicyclic) bond motifs is 3. The lowest BCUT2D eigenvalue weighted by atomic mass is 9.81. The fourth-order valence-electron chi connectivity index (χ4n) is 3.86. The molecule has 3 aromatic rings. The smallest absolute Gasteiger partial charge is 0.231 e. The van der Waals surface area contributed by atoms with E-state index in [1.165, 1.54) is 7.11 Å². The van der Waals surface area contributed by atoms with E-state index < -0.39 is 5.78 Å². The van der Waals surface area contributed by atoms with Crippen molar-refractivity contribution >= 4 is 11.6 Å². The largest absolute Gasteiger partial charge is 0.507 e. The van der Waals surface area contributed by atoms with Crippen molar-refractivity contribution < 1.29 is 28.9 Å². The van der Waals surface area contributed by atoms with Crippen molar-refractivity contribution in [3.63, 3.8) is 0 Å². The SMILES string of the molecule is COc1cccc2c1C(=O)c1c(ccc(Cc3ccc4c(c3)OCO4)c1O)C2=O. The average Bonchev–Trinajstić information content (AvgIpc) is 3.20. The summed E-state index contributed by atoms with van der Waals surface area (Å²) in [6.45, 7) is 0.181. The van der Waals surface area contributed by atoms with Crippen LogP contribution in [0.3, 0.4) is 0 Å². The molecule has 6 heteroatoms. The van der Waals surface area contributed by atoms with Gasteiger partial charge in [0.1, 0.15) is 11.5 Å². The number of ketones is 2. The van der Waals surface area contributed by atoms with Crippen LogP contribution in [0.2, 0.25) is 0 Å². The molecule has 1 aliphatic carbocycles. The Hall–Kier alpha value is -3.80. The van der Waals surface area contributed by atoms with Crippen LogP contribution in [0.25, 0.3) is 0 Å². The molecule has 5 rings (SSSR count). The van der Waals surface area contributed by atoms with Crippen LogP contribution in [0.1, 0.15) is 43.0 Å². The van der Waals surface area contributed by atoms with E-state index >= 15 is 0 Å². The van der Waals surface area contributed by atoms with Crippen LogP contribution in [-0.4, -0.2) is 30.6 Å². The van der Waals surface area contributed by atoms with Crippen LogP contribution in [0, 0.1) is 0 Å². The van der Waals surface area contributed by atoms with E-state index in [-0.39, 0.29) is 40.6 Å². The summed E-state index contributed by atoms with van der Waals surface area (Å²) in [5.74, 6) is 0.718. The normalized spacial score (nSPS) is 13.8. The third-order valence-electron chi connectivity index (χ3n) is 5.28. The van der Waals surface area contributed by atoms with Crippen LogP contribution in [-0.2, 0) is 6.42 Å². The van der Waals surface area contributed by atoms with Crippen molar-refractivity contribution in [1.82, 2.24) is 0 Å². The molecule has 0 saturated heterocycles. The number of phenols is 1. The minimum atomic E-state index is -0.419. The molecule has 0 radical (unpaired) electrons. The van der Waals surface area contributed by atoms with Gasteiger partial charge in [-0.05, 0) is 35.4 Å². The molecule has 6 nitrogen and oxygen atoms in total. The molecule has 0 fully saturated rings. The number of aromatic hydroxyl groups is 1. The van der Waals surface area contributed by atoms with E-state index in [0.717, 1.165) is 5.56 Å². The van der Waals surface area contributed by atoms with Gasteiger partial charge in [-0.25, -0.2) is 0 Å². The first-order valence-electron chi connectivity index (χ1n) is 9.08. The molecular weight excluding hydrogens is 372 g/mol. The summed E-state index contributed by atoms with van der Waals surface area (Å²) in [4.78, 5) is 26.1. The summed E-state index contributed by atoms with van der Waals surface area (Å²) in [6.07, 6.45) is 0.371. The molecule has 2 aliphatic rings. The van der Waals surface area contributed by atoms with Gasteiger partial charge in [0.2, 0.25) is 12.6 Å². The molecule has 0 saturated carbocycles. The highest BCUT2D eigenvalue weighted by molar-refractivity contribution is 6.30. The first kappa shape index (κ1) is 17.3. The first-order valence-corrected chi connectivity index (χ1v) is 9.08. The van der Waals surface area contributed by atoms with Gasteiger partial charge < -0.3 is 19.3 Å². The number of hydrogen-bond donors (Lipinski definition) is 1. The molecule has 0 bridgehead atoms. The van der Waals surface area contributed by atoms with Crippen molar-refractivity contribution in [2.45, 2.75) is 6.42 Å². The number of carbonyl (C=O) groups is 2. The number of carbonyl (C=O) groups excluding carboxylic acids is 2. The minimum absolute atomic E-state index is 0.0187. The van der Waals surface area contributed by atoms with Gasteiger partial charge in [0.25, 0.3) is 0 Å². The quantitative estimate of drug-likeness (QED) is 0.579. The predicted molar refractivity (Wildman–Crippen MR) is 103 cm³/mol. The third-order valence-corrected chi connectivity index (χ3v) is 5.28. The standard InChI is InChI=1S/C23H16O6/c1-27-17-4-2-3-14-19(17)23(26)20-15(22(14)25)7-6-13(21(20)24)9-12-5-8-16-18(10-12)29-11-28-16/h2-8,10,24H,9,11H2,1H3. The summed E-state index contributed by atoms with van der Waals surface area (Å²) in [5, 5.41) is 10.9. The van der Waals surface area contributed by atoms with Gasteiger partial charge in [0.05, 0.1) is 18.2 Å². The van der Waals surface area contributed by atoms with Crippen molar-refractivity contribution in [2.75, 3.05) is 13.9 Å². The second kappa shape index (κ2) is 6.38. The molecule has 0 aromatic heterocycles. The molecule has 1 aliphatic heterocycles. The van der Waals surface area contributed by atoms with Gasteiger partial charge in [0.15, 0.2) is 17.3 Å². The van der Waals surface area contributed by atoms with Gasteiger partial charge in [-0.15, -0.1) is 0 Å². The average molecular weight is 388 g/mol. The Morgan fingerprint density at radius 1 is 0.931 bits per heavy atom. The van der Waals surface area contributed by atoms with Crippen LogP contribution < -0.4 is 14.2 Å². The zero-order valence-electron chi connectivity index (χ0n) is 15.5. The summed E-state index contributed by atoms with van der Waals surface area (Å²) < 4.78 is 16.0. The number of phenolic OH excluding ortho intramolecular Hbond substituents is 1. The lowest BCUT2D eigenvalue weighted by molar-refractivity contribution is 0.0974. The Morgan fingerprint density at radius 3 is 2.55 bits per heavy atom. The summed E-state index contributed by atoms with van der Waals surface area (Å²) in [7, 11) is 1.44. The predicted octanol–water partition coefficient (Wildman–Crippen LogP) is 3.50. The highest BCUT2D eigenvalue weighted by atomic mass is 16.7. The lowest BCUT2D eigenvalue weighted by Gasteiger charge is -2.21. The van der Waals surface area contributed by atoms with E-state index in [2.05, 4.69) is 0 Å². The first-order chi connectivity index (χ1) is 14.1. The van der Waals surface area contributed by atoms with Crippen LogP contribution in [0.15, 0.2) is 48.5 Å². The fourth-order valence-corrected chi connectivity index (χ4v) is 3.86. The highest BCUT2D eigenvalue weighted by Gasteiger charge is 2.35. The molecule has 1 heterocycles. The molecule has 0 atom stereocenters. The van der Waals surface area contributed by atoms with Crippen LogP contribution in [0.4, 0.5) is 0 Å².